The van der Waals surface area contributed by atoms with Gasteiger partial charge in [-0.05, 0) is 61.6 Å². The number of carbonyl (C=O) groups is 4. The van der Waals surface area contributed by atoms with Gasteiger partial charge in [-0.15, -0.1) is 0 Å². The number of ether oxygens (including phenoxy) is 1. The molecule has 3 fully saturated rings. The predicted octanol–water partition coefficient (Wildman–Crippen LogP) is 4.01. The molecule has 0 N–H and O–H groups in total. The van der Waals surface area contributed by atoms with Crippen molar-refractivity contribution in [3.63, 3.8) is 0 Å². The molecule has 198 valence electrons. The lowest BCUT2D eigenvalue weighted by molar-refractivity contribution is -0.384. The summed E-state index contributed by atoms with van der Waals surface area (Å²) in [6.07, 6.45) is 0.711. The Balaban J connectivity index is 1.54. The number of ketones is 1. The zero-order chi connectivity index (χ0) is 27.5. The summed E-state index contributed by atoms with van der Waals surface area (Å²) in [5, 5.41) is 12.9. The van der Waals surface area contributed by atoms with E-state index in [4.69, 9.17) is 4.74 Å². The highest BCUT2D eigenvalue weighted by atomic mass is 79.9. The fourth-order valence-corrected chi connectivity index (χ4v) is 7.82. The minimum atomic E-state index is -1.23. The van der Waals surface area contributed by atoms with Gasteiger partial charge in [0.05, 0.1) is 23.9 Å². The van der Waals surface area contributed by atoms with Crippen LogP contribution in [0, 0.1) is 33.8 Å². The van der Waals surface area contributed by atoms with Crippen LogP contribution in [0.1, 0.15) is 34.1 Å². The molecule has 3 amide bonds. The van der Waals surface area contributed by atoms with Crippen LogP contribution in [0.2, 0.25) is 0 Å². The normalized spacial score (nSPS) is 28.3. The molecule has 0 unspecified atom stereocenters. The van der Waals surface area contributed by atoms with Crippen molar-refractivity contribution in [3.8, 4) is 5.75 Å². The second-order valence-corrected chi connectivity index (χ2v) is 11.8. The summed E-state index contributed by atoms with van der Waals surface area (Å²) in [6, 6.07) is 9.87. The average molecular weight is 649 g/mol. The number of amides is 3. The van der Waals surface area contributed by atoms with Crippen LogP contribution in [0.15, 0.2) is 48.5 Å². The van der Waals surface area contributed by atoms with Gasteiger partial charge in [-0.3, -0.25) is 29.3 Å². The Hall–Kier alpha value is -3.12. The molecule has 1 heterocycles. The van der Waals surface area contributed by atoms with E-state index in [9.17, 15) is 29.3 Å². The molecule has 2 aliphatic carbocycles. The number of carbonyl (C=O) groups excluding carboxylic acids is 4. The molecule has 12 heteroatoms. The van der Waals surface area contributed by atoms with E-state index >= 15 is 0 Å². The number of non-ortho nitro benzene ring substituents is 1. The first-order valence-corrected chi connectivity index (χ1v) is 13.8. The van der Waals surface area contributed by atoms with Gasteiger partial charge < -0.3 is 4.74 Å². The van der Waals surface area contributed by atoms with Gasteiger partial charge in [0.15, 0.2) is 5.78 Å². The van der Waals surface area contributed by atoms with Crippen molar-refractivity contribution in [2.75, 3.05) is 7.11 Å². The number of Topliss-reactive ketones (excluding diaryl/α,β-unsaturated/α-hetero) is 1. The quantitative estimate of drug-likeness (QED) is 0.146. The highest BCUT2D eigenvalue weighted by Crippen LogP contribution is 2.60. The van der Waals surface area contributed by atoms with Crippen LogP contribution in [0.4, 0.5) is 5.69 Å². The Morgan fingerprint density at radius 3 is 1.95 bits per heavy atom. The Bertz CT molecular complexity index is 1300. The van der Waals surface area contributed by atoms with Gasteiger partial charge in [-0.1, -0.05) is 31.9 Å². The number of hydrazine groups is 1. The number of nitro benzene ring substituents is 1. The minimum absolute atomic E-state index is 0.00217. The Morgan fingerprint density at radius 1 is 0.974 bits per heavy atom. The molecule has 1 aliphatic heterocycles. The summed E-state index contributed by atoms with van der Waals surface area (Å²) in [5.74, 6) is -3.12. The van der Waals surface area contributed by atoms with Crippen molar-refractivity contribution in [1.82, 2.24) is 10.0 Å². The molecule has 1 saturated heterocycles. The zero-order valence-corrected chi connectivity index (χ0v) is 23.5. The first-order chi connectivity index (χ1) is 18.1. The smallest absolute Gasteiger partial charge is 0.273 e. The molecule has 2 bridgehead atoms. The van der Waals surface area contributed by atoms with Gasteiger partial charge in [0.1, 0.15) is 11.8 Å². The summed E-state index contributed by atoms with van der Waals surface area (Å²) in [7, 11) is 1.49. The number of hydrogen-bond donors (Lipinski definition) is 0. The van der Waals surface area contributed by atoms with Crippen LogP contribution in [0.25, 0.3) is 0 Å². The molecule has 38 heavy (non-hydrogen) atoms. The zero-order valence-electron chi connectivity index (χ0n) is 20.3. The van der Waals surface area contributed by atoms with E-state index in [2.05, 4.69) is 31.9 Å². The summed E-state index contributed by atoms with van der Waals surface area (Å²) in [5.41, 5.74) is 0.0455. The van der Waals surface area contributed by atoms with Crippen molar-refractivity contribution < 1.29 is 28.8 Å². The predicted molar refractivity (Wildman–Crippen MR) is 142 cm³/mol. The van der Waals surface area contributed by atoms with Crippen LogP contribution in [0.5, 0.6) is 5.75 Å². The van der Waals surface area contributed by atoms with Gasteiger partial charge in [0, 0.05) is 32.9 Å². The summed E-state index contributed by atoms with van der Waals surface area (Å²) < 4.78 is 5.15. The third-order valence-electron chi connectivity index (χ3n) is 7.83. The van der Waals surface area contributed by atoms with Gasteiger partial charge >= 0.3 is 0 Å². The monoisotopic (exact) mass is 647 g/mol. The summed E-state index contributed by atoms with van der Waals surface area (Å²) >= 11 is 7.30. The fourth-order valence-electron chi connectivity index (χ4n) is 5.95. The standard InChI is InChI=1S/C26H23Br2N3O7/c1-12(23(32)13-5-9-16(38-2)10-6-13)29(24(33)14-3-7-15(8-4-14)31(36)37)30-25(34)19-17-11-18(20(19)26(30)35)22(28)21(17)27/h3-10,12,17-22H,11H2,1-2H3/t12-,17+,18+,19-,20+,21-,22-/m0/s1. The maximum absolute atomic E-state index is 13.8. The molecular weight excluding hydrogens is 626 g/mol. The number of hydrogen-bond acceptors (Lipinski definition) is 7. The third kappa shape index (κ3) is 4.05. The molecule has 2 saturated carbocycles. The third-order valence-corrected chi connectivity index (χ3v) is 11.0. The van der Waals surface area contributed by atoms with Crippen molar-refractivity contribution in [1.29, 1.82) is 0 Å². The lowest BCUT2D eigenvalue weighted by atomic mass is 9.81. The number of alkyl halides is 2. The van der Waals surface area contributed by atoms with Gasteiger partial charge in [0.2, 0.25) is 0 Å². The van der Waals surface area contributed by atoms with Crippen molar-refractivity contribution >= 4 is 61.1 Å². The molecule has 7 atom stereocenters. The highest BCUT2D eigenvalue weighted by molar-refractivity contribution is 9.12. The lowest BCUT2D eigenvalue weighted by Crippen LogP contribution is -2.56. The first-order valence-electron chi connectivity index (χ1n) is 12.0. The summed E-state index contributed by atoms with van der Waals surface area (Å²) in [6.45, 7) is 1.46. The maximum Gasteiger partial charge on any atom is 0.273 e. The van der Waals surface area contributed by atoms with Crippen LogP contribution >= 0.6 is 31.9 Å². The van der Waals surface area contributed by atoms with Crippen LogP contribution in [-0.2, 0) is 9.59 Å². The van der Waals surface area contributed by atoms with E-state index in [-0.39, 0.29) is 38.3 Å². The van der Waals surface area contributed by atoms with Crippen molar-refractivity contribution in [2.24, 2.45) is 23.7 Å². The number of rotatable bonds is 7. The molecular formula is C26H23Br2N3O7. The highest BCUT2D eigenvalue weighted by Gasteiger charge is 2.68. The number of halogens is 2. The number of benzene rings is 2. The van der Waals surface area contributed by atoms with E-state index < -0.39 is 46.3 Å². The van der Waals surface area contributed by atoms with E-state index in [0.717, 1.165) is 22.2 Å². The molecule has 2 aromatic rings. The Labute approximate surface area is 234 Å². The second-order valence-electron chi connectivity index (χ2n) is 9.71. The SMILES string of the molecule is COc1ccc(C(=O)[C@H](C)N(C(=O)c2ccc([N+](=O)[O-])cc2)N2C(=O)[C@@H]3[C@H]4C[C@@H]([C@H](Br)[C@H]4Br)[C@@H]3C2=O)cc1. The Kier molecular flexibility index (Phi) is 6.89. The van der Waals surface area contributed by atoms with E-state index in [1.807, 2.05) is 0 Å². The molecule has 3 aliphatic rings. The number of fused-ring (bicyclic) bond motifs is 5. The lowest BCUT2D eigenvalue weighted by Gasteiger charge is -2.35. The van der Waals surface area contributed by atoms with Gasteiger partial charge in [-0.2, -0.15) is 5.01 Å². The minimum Gasteiger partial charge on any atom is -0.497 e. The number of nitrogens with zero attached hydrogens (tertiary/aromatic N) is 3. The average Bonchev–Trinajstić information content (AvgIpc) is 3.54. The molecule has 0 radical (unpaired) electrons. The van der Waals surface area contributed by atoms with Gasteiger partial charge in [-0.25, -0.2) is 5.01 Å². The van der Waals surface area contributed by atoms with Crippen LogP contribution < -0.4 is 4.74 Å². The molecule has 0 spiro atoms. The molecule has 0 aromatic heterocycles. The van der Waals surface area contributed by atoms with Crippen LogP contribution in [0.3, 0.4) is 0 Å². The van der Waals surface area contributed by atoms with Crippen molar-refractivity contribution in [2.45, 2.75) is 29.0 Å². The molecule has 10 nitrogen and oxygen atoms in total. The summed E-state index contributed by atoms with van der Waals surface area (Å²) in [4.78, 5) is 65.4. The topological polar surface area (TPSA) is 127 Å². The fraction of sp³-hybridized carbons (Fsp3) is 0.385. The molecule has 2 aromatic carbocycles. The first kappa shape index (κ1) is 26.5. The van der Waals surface area contributed by atoms with Crippen molar-refractivity contribution in [3.05, 3.63) is 69.8 Å². The number of methoxy groups -OCH3 is 1. The largest absolute Gasteiger partial charge is 0.497 e. The van der Waals surface area contributed by atoms with E-state index in [1.54, 1.807) is 24.3 Å². The van der Waals surface area contributed by atoms with E-state index in [1.165, 1.54) is 26.2 Å². The van der Waals surface area contributed by atoms with Crippen LogP contribution in [-0.4, -0.2) is 61.3 Å². The van der Waals surface area contributed by atoms with E-state index in [0.29, 0.717) is 12.2 Å². The second kappa shape index (κ2) is 9.88. The number of imide groups is 1. The maximum atomic E-state index is 13.8. The van der Waals surface area contributed by atoms with Gasteiger partial charge in [0.25, 0.3) is 23.4 Å². The molecule has 5 rings (SSSR count). The number of nitro groups is 1. The Morgan fingerprint density at radius 2 is 1.47 bits per heavy atom.